The predicted molar refractivity (Wildman–Crippen MR) is 111 cm³/mol. The lowest BCUT2D eigenvalue weighted by Crippen LogP contribution is -2.50. The lowest BCUT2D eigenvalue weighted by Gasteiger charge is -2.34. The second-order valence-electron chi connectivity index (χ2n) is 6.45. The molecule has 2 heterocycles. The summed E-state index contributed by atoms with van der Waals surface area (Å²) in [6.45, 7) is 1.23. The van der Waals surface area contributed by atoms with Gasteiger partial charge in [0, 0.05) is 37.5 Å². The summed E-state index contributed by atoms with van der Waals surface area (Å²) < 4.78 is 28.1. The van der Waals surface area contributed by atoms with Crippen molar-refractivity contribution < 1.29 is 13.2 Å². The van der Waals surface area contributed by atoms with Crippen molar-refractivity contribution in [3.63, 3.8) is 0 Å². The number of piperazine rings is 1. The van der Waals surface area contributed by atoms with Crippen LogP contribution in [0.3, 0.4) is 0 Å². The molecule has 6 nitrogen and oxygen atoms in total. The zero-order chi connectivity index (χ0) is 20.1. The van der Waals surface area contributed by atoms with Crippen LogP contribution in [0.25, 0.3) is 0 Å². The van der Waals surface area contributed by atoms with Crippen molar-refractivity contribution in [1.29, 1.82) is 5.26 Å². The summed E-state index contributed by atoms with van der Waals surface area (Å²) >= 11 is 5.11. The number of carbonyl (C=O) groups excluding carboxylic acids is 1. The molecule has 0 unspecified atom stereocenters. The number of nitriles is 1. The third kappa shape index (κ3) is 4.81. The quantitative estimate of drug-likeness (QED) is 0.633. The summed E-state index contributed by atoms with van der Waals surface area (Å²) in [4.78, 5) is 15.4. The van der Waals surface area contributed by atoms with Gasteiger partial charge in [0.1, 0.15) is 6.07 Å². The van der Waals surface area contributed by atoms with Crippen LogP contribution >= 0.6 is 27.3 Å². The van der Waals surface area contributed by atoms with E-state index in [1.807, 2.05) is 12.1 Å². The molecule has 0 N–H and O–H groups in total. The summed E-state index contributed by atoms with van der Waals surface area (Å²) in [6, 6.07) is 12.2. The van der Waals surface area contributed by atoms with Gasteiger partial charge in [-0.2, -0.15) is 9.57 Å². The normalized spacial score (nSPS) is 15.4. The van der Waals surface area contributed by atoms with Crippen molar-refractivity contribution in [2.24, 2.45) is 0 Å². The molecule has 0 radical (unpaired) electrons. The highest BCUT2D eigenvalue weighted by Crippen LogP contribution is 2.24. The van der Waals surface area contributed by atoms with Gasteiger partial charge in [-0.15, -0.1) is 11.3 Å². The number of halogens is 1. The monoisotopic (exact) mass is 481 g/mol. The number of carbonyl (C=O) groups is 1. The van der Waals surface area contributed by atoms with Gasteiger partial charge in [0.15, 0.2) is 0 Å². The summed E-state index contributed by atoms with van der Waals surface area (Å²) in [5.74, 6) is 0.0603. The molecule has 1 aromatic carbocycles. The van der Waals surface area contributed by atoms with Crippen molar-refractivity contribution in [2.75, 3.05) is 26.2 Å². The minimum absolute atomic E-state index is 0.0272. The molecule has 1 fully saturated rings. The van der Waals surface area contributed by atoms with Crippen molar-refractivity contribution in [3.8, 4) is 6.07 Å². The fraction of sp³-hybridized carbons (Fsp3) is 0.368. The maximum atomic E-state index is 12.8. The standard InChI is InChI=1S/C19H20BrN3O3S2/c20-18-9-8-16(27-18)5-3-7-19(24)22-10-12-23(13-11-22)28(25,26)17-6-2-1-4-15(17)14-21/h1-2,4,6,8-9H,3,5,7,10-13H2. The zero-order valence-corrected chi connectivity index (χ0v) is 18.4. The summed E-state index contributed by atoms with van der Waals surface area (Å²) in [6.07, 6.45) is 2.10. The molecule has 0 aliphatic carbocycles. The van der Waals surface area contributed by atoms with E-state index in [2.05, 4.69) is 22.0 Å². The van der Waals surface area contributed by atoms with Crippen LogP contribution in [0, 0.1) is 11.3 Å². The Morgan fingerprint density at radius 3 is 2.50 bits per heavy atom. The van der Waals surface area contributed by atoms with Crippen LogP contribution in [0.1, 0.15) is 23.3 Å². The van der Waals surface area contributed by atoms with Gasteiger partial charge in [0.2, 0.25) is 15.9 Å². The second kappa shape index (κ2) is 9.18. The van der Waals surface area contributed by atoms with E-state index in [0.29, 0.717) is 19.5 Å². The molecule has 1 aliphatic rings. The molecule has 3 rings (SSSR count). The Labute approximate surface area is 177 Å². The first-order valence-corrected chi connectivity index (χ1v) is 12.0. The molecule has 0 saturated carbocycles. The molecule has 1 amide bonds. The number of thiophene rings is 1. The number of sulfonamides is 1. The van der Waals surface area contributed by atoms with E-state index in [-0.39, 0.29) is 29.5 Å². The van der Waals surface area contributed by atoms with Crippen LogP contribution in [0.5, 0.6) is 0 Å². The van der Waals surface area contributed by atoms with Gasteiger partial charge in [0.25, 0.3) is 0 Å². The number of hydrogen-bond donors (Lipinski definition) is 0. The first kappa shape index (κ1) is 21.0. The molecule has 2 aromatic rings. The number of hydrogen-bond acceptors (Lipinski definition) is 5. The predicted octanol–water partition coefficient (Wildman–Crippen LogP) is 3.24. The average Bonchev–Trinajstić information content (AvgIpc) is 3.13. The first-order chi connectivity index (χ1) is 13.4. The largest absolute Gasteiger partial charge is 0.340 e. The lowest BCUT2D eigenvalue weighted by molar-refractivity contribution is -0.132. The molecule has 28 heavy (non-hydrogen) atoms. The smallest absolute Gasteiger partial charge is 0.244 e. The van der Waals surface area contributed by atoms with Crippen LogP contribution in [0.15, 0.2) is 45.1 Å². The highest BCUT2D eigenvalue weighted by atomic mass is 79.9. The van der Waals surface area contributed by atoms with E-state index in [1.54, 1.807) is 28.4 Å². The molecule has 9 heteroatoms. The summed E-state index contributed by atoms with van der Waals surface area (Å²) in [5, 5.41) is 9.17. The Hall–Kier alpha value is -1.73. The molecule has 0 spiro atoms. The van der Waals surface area contributed by atoms with Crippen LogP contribution < -0.4 is 0 Å². The molecule has 1 aromatic heterocycles. The van der Waals surface area contributed by atoms with Gasteiger partial charge in [-0.05, 0) is 53.0 Å². The topological polar surface area (TPSA) is 81.5 Å². The van der Waals surface area contributed by atoms with Crippen LogP contribution in [0.2, 0.25) is 0 Å². The minimum Gasteiger partial charge on any atom is -0.340 e. The maximum absolute atomic E-state index is 12.8. The van der Waals surface area contributed by atoms with E-state index >= 15 is 0 Å². The van der Waals surface area contributed by atoms with E-state index in [1.165, 1.54) is 21.3 Å². The van der Waals surface area contributed by atoms with Crippen LogP contribution in [-0.2, 0) is 21.2 Å². The first-order valence-electron chi connectivity index (χ1n) is 8.93. The van der Waals surface area contributed by atoms with Gasteiger partial charge in [-0.3, -0.25) is 4.79 Å². The number of amides is 1. The van der Waals surface area contributed by atoms with E-state index in [9.17, 15) is 18.5 Å². The molecule has 1 saturated heterocycles. The molecule has 148 valence electrons. The van der Waals surface area contributed by atoms with Crippen LogP contribution in [0.4, 0.5) is 0 Å². The Bertz CT molecular complexity index is 990. The SMILES string of the molecule is N#Cc1ccccc1S(=O)(=O)N1CCN(C(=O)CCCc2ccc(Br)s2)CC1. The number of aryl methyl sites for hydroxylation is 1. The van der Waals surface area contributed by atoms with E-state index in [4.69, 9.17) is 0 Å². The Morgan fingerprint density at radius 1 is 1.14 bits per heavy atom. The number of nitrogens with zero attached hydrogens (tertiary/aromatic N) is 3. The van der Waals surface area contributed by atoms with Crippen molar-refractivity contribution in [2.45, 2.75) is 24.2 Å². The van der Waals surface area contributed by atoms with Crippen molar-refractivity contribution >= 4 is 43.2 Å². The van der Waals surface area contributed by atoms with Crippen LogP contribution in [-0.4, -0.2) is 49.7 Å². The van der Waals surface area contributed by atoms with Gasteiger partial charge < -0.3 is 4.90 Å². The Balaban J connectivity index is 1.53. The minimum atomic E-state index is -3.73. The van der Waals surface area contributed by atoms with Gasteiger partial charge >= 0.3 is 0 Å². The second-order valence-corrected chi connectivity index (χ2v) is 10.9. The molecular weight excluding hydrogens is 462 g/mol. The fourth-order valence-electron chi connectivity index (χ4n) is 3.16. The average molecular weight is 482 g/mol. The van der Waals surface area contributed by atoms with Gasteiger partial charge in [-0.1, -0.05) is 12.1 Å². The van der Waals surface area contributed by atoms with E-state index in [0.717, 1.165) is 16.6 Å². The fourth-order valence-corrected chi connectivity index (χ4v) is 6.25. The van der Waals surface area contributed by atoms with Gasteiger partial charge in [-0.25, -0.2) is 8.42 Å². The summed E-state index contributed by atoms with van der Waals surface area (Å²) in [5.41, 5.74) is 0.140. The Kier molecular flexibility index (Phi) is 6.88. The molecule has 1 aliphatic heterocycles. The number of benzene rings is 1. The zero-order valence-electron chi connectivity index (χ0n) is 15.2. The highest BCUT2D eigenvalue weighted by molar-refractivity contribution is 9.11. The van der Waals surface area contributed by atoms with Crippen molar-refractivity contribution in [1.82, 2.24) is 9.21 Å². The molecule has 0 bridgehead atoms. The van der Waals surface area contributed by atoms with Gasteiger partial charge in [0.05, 0.1) is 14.2 Å². The van der Waals surface area contributed by atoms with Crippen molar-refractivity contribution in [3.05, 3.63) is 50.6 Å². The Morgan fingerprint density at radius 2 is 1.86 bits per heavy atom. The lowest BCUT2D eigenvalue weighted by atomic mass is 10.2. The number of rotatable bonds is 6. The van der Waals surface area contributed by atoms with E-state index < -0.39 is 10.0 Å². The maximum Gasteiger partial charge on any atom is 0.244 e. The third-order valence-corrected chi connectivity index (χ3v) is 8.30. The summed E-state index contributed by atoms with van der Waals surface area (Å²) in [7, 11) is -3.73. The highest BCUT2D eigenvalue weighted by Gasteiger charge is 2.31. The molecule has 0 atom stereocenters. The third-order valence-electron chi connectivity index (χ3n) is 4.66. The molecular formula is C19H20BrN3O3S2.